The van der Waals surface area contributed by atoms with Crippen LogP contribution in [0.15, 0.2) is 30.3 Å². The average Bonchev–Trinajstić information content (AvgIpc) is 2.45. The van der Waals surface area contributed by atoms with Crippen LogP contribution in [0.4, 0.5) is 0 Å². The predicted molar refractivity (Wildman–Crippen MR) is 73.2 cm³/mol. The van der Waals surface area contributed by atoms with Gasteiger partial charge < -0.3 is 4.57 Å². The first-order chi connectivity index (χ1) is 6.97. The van der Waals surface area contributed by atoms with Gasteiger partial charge >= 0.3 is 0 Å². The molecule has 15 heavy (non-hydrogen) atoms. The van der Waals surface area contributed by atoms with Crippen molar-refractivity contribution in [3.8, 4) is 0 Å². The zero-order valence-corrected chi connectivity index (χ0v) is 12.6. The molecule has 4 heteroatoms. The molecule has 0 amide bonds. The lowest BCUT2D eigenvalue weighted by Gasteiger charge is -2.23. The highest BCUT2D eigenvalue weighted by molar-refractivity contribution is 9.13. The minimum Gasteiger partial charge on any atom is -0.317 e. The molecule has 0 unspecified atom stereocenters. The first-order valence-corrected chi connectivity index (χ1v) is 8.61. The smallest absolute Gasteiger partial charge is 0.130 e. The third kappa shape index (κ3) is 1.99. The number of halogens is 2. The number of alkyl halides is 2. The number of hydrogen-bond donors (Lipinski definition) is 0. The maximum Gasteiger partial charge on any atom is 0.130 e. The third-order valence-electron chi connectivity index (χ3n) is 2.99. The fraction of sp³-hybridized carbons (Fsp3) is 0.455. The zero-order valence-electron chi connectivity index (χ0n) is 8.49. The maximum atomic E-state index is 12.9. The largest absolute Gasteiger partial charge is 0.317 e. The van der Waals surface area contributed by atoms with Gasteiger partial charge in [0.05, 0.1) is 4.57 Å². The van der Waals surface area contributed by atoms with E-state index >= 15 is 0 Å². The van der Waals surface area contributed by atoms with Crippen LogP contribution in [0.3, 0.4) is 0 Å². The van der Waals surface area contributed by atoms with Crippen LogP contribution in [0.5, 0.6) is 0 Å². The monoisotopic (exact) mass is 350 g/mol. The maximum absolute atomic E-state index is 12.9. The summed E-state index contributed by atoms with van der Waals surface area (Å²) >= 11 is 7.27. The molecular weight excluding hydrogens is 339 g/mol. The Morgan fingerprint density at radius 1 is 1.40 bits per heavy atom. The summed E-state index contributed by atoms with van der Waals surface area (Å²) in [6, 6.07) is 9.83. The van der Waals surface area contributed by atoms with Crippen LogP contribution in [-0.4, -0.2) is 15.1 Å². The van der Waals surface area contributed by atoms with Gasteiger partial charge in [0.25, 0.3) is 0 Å². The summed E-state index contributed by atoms with van der Waals surface area (Å²) in [5.74, 6) is 0. The van der Waals surface area contributed by atoms with Gasteiger partial charge in [0.15, 0.2) is 0 Å². The molecule has 0 saturated carbocycles. The molecule has 1 aliphatic rings. The van der Waals surface area contributed by atoms with E-state index in [0.717, 1.165) is 17.9 Å². The van der Waals surface area contributed by atoms with E-state index in [1.165, 1.54) is 0 Å². The van der Waals surface area contributed by atoms with Crippen molar-refractivity contribution in [2.75, 3.05) is 6.16 Å². The summed E-state index contributed by atoms with van der Waals surface area (Å²) in [5.41, 5.74) is 0. The lowest BCUT2D eigenvalue weighted by molar-refractivity contribution is 0.583. The fourth-order valence-corrected chi connectivity index (χ4v) is 8.26. The Labute approximate surface area is 107 Å². The molecule has 0 bridgehead atoms. The van der Waals surface area contributed by atoms with E-state index < -0.39 is 7.14 Å². The molecule has 82 valence electrons. The first kappa shape index (κ1) is 11.9. The van der Waals surface area contributed by atoms with E-state index in [1.807, 2.05) is 30.3 Å². The fourth-order valence-electron chi connectivity index (χ4n) is 1.99. The second kappa shape index (κ2) is 4.01. The molecule has 3 atom stereocenters. The summed E-state index contributed by atoms with van der Waals surface area (Å²) in [5, 5.41) is 0.995. The van der Waals surface area contributed by atoms with Gasteiger partial charge in [-0.15, -0.1) is 0 Å². The summed E-state index contributed by atoms with van der Waals surface area (Å²) in [6.45, 7) is 2.11. The highest BCUT2D eigenvalue weighted by Crippen LogP contribution is 2.65. The molecule has 1 aromatic carbocycles. The number of benzene rings is 1. The van der Waals surface area contributed by atoms with Gasteiger partial charge in [-0.2, -0.15) is 0 Å². The van der Waals surface area contributed by atoms with E-state index in [0.29, 0.717) is 0 Å². The molecule has 0 spiro atoms. The van der Waals surface area contributed by atoms with E-state index in [4.69, 9.17) is 0 Å². The molecule has 1 saturated heterocycles. The Morgan fingerprint density at radius 3 is 2.47 bits per heavy atom. The van der Waals surface area contributed by atoms with Crippen molar-refractivity contribution < 1.29 is 4.57 Å². The first-order valence-electron chi connectivity index (χ1n) is 4.94. The summed E-state index contributed by atoms with van der Waals surface area (Å²) in [6.07, 6.45) is 1.74. The molecular formula is C11H13Br2OP. The van der Waals surface area contributed by atoms with Crippen LogP contribution in [0.1, 0.15) is 13.3 Å². The predicted octanol–water partition coefficient (Wildman–Crippen LogP) is 3.95. The average molecular weight is 352 g/mol. The summed E-state index contributed by atoms with van der Waals surface area (Å²) in [4.78, 5) is 0. The molecule has 0 aliphatic carbocycles. The molecule has 1 nitrogen and oxygen atoms in total. The van der Waals surface area contributed by atoms with Gasteiger partial charge in [-0.1, -0.05) is 62.2 Å². The Balaban J connectivity index is 2.42. The van der Waals surface area contributed by atoms with Crippen molar-refractivity contribution in [2.24, 2.45) is 0 Å². The molecule has 1 heterocycles. The molecule has 2 rings (SSSR count). The van der Waals surface area contributed by atoms with Crippen molar-refractivity contribution in [1.29, 1.82) is 0 Å². The highest BCUT2D eigenvalue weighted by atomic mass is 79.9. The normalized spacial score (nSPS) is 40.6. The molecule has 1 fully saturated rings. The topological polar surface area (TPSA) is 17.1 Å². The Morgan fingerprint density at radius 2 is 2.00 bits per heavy atom. The van der Waals surface area contributed by atoms with Gasteiger partial charge in [0, 0.05) is 15.8 Å². The number of hydrogen-bond acceptors (Lipinski definition) is 1. The van der Waals surface area contributed by atoms with Crippen molar-refractivity contribution in [3.63, 3.8) is 0 Å². The van der Waals surface area contributed by atoms with Crippen LogP contribution in [0.2, 0.25) is 0 Å². The van der Waals surface area contributed by atoms with Crippen molar-refractivity contribution in [3.05, 3.63) is 30.3 Å². The quantitative estimate of drug-likeness (QED) is 0.553. The van der Waals surface area contributed by atoms with Gasteiger partial charge in [0.2, 0.25) is 0 Å². The van der Waals surface area contributed by atoms with Crippen molar-refractivity contribution in [1.82, 2.24) is 0 Å². The van der Waals surface area contributed by atoms with Crippen LogP contribution in [0.25, 0.3) is 0 Å². The van der Waals surface area contributed by atoms with E-state index in [1.54, 1.807) is 0 Å². The summed E-state index contributed by atoms with van der Waals surface area (Å²) < 4.78 is 12.9. The molecule has 1 aliphatic heterocycles. The van der Waals surface area contributed by atoms with Crippen LogP contribution in [-0.2, 0) is 4.57 Å². The van der Waals surface area contributed by atoms with E-state index in [9.17, 15) is 4.57 Å². The van der Waals surface area contributed by atoms with Crippen LogP contribution >= 0.6 is 39.0 Å². The van der Waals surface area contributed by atoms with E-state index in [-0.39, 0.29) is 8.89 Å². The van der Waals surface area contributed by atoms with Gasteiger partial charge in [0.1, 0.15) is 7.14 Å². The van der Waals surface area contributed by atoms with Gasteiger partial charge in [-0.3, -0.25) is 0 Å². The van der Waals surface area contributed by atoms with Gasteiger partial charge in [-0.25, -0.2) is 0 Å². The van der Waals surface area contributed by atoms with Crippen LogP contribution < -0.4 is 5.30 Å². The zero-order chi connectivity index (χ0) is 11.1. The SMILES string of the molecule is C[C@]1(Br)CC[P@@](=O)(c2ccccc2)[C@@H]1Br. The highest BCUT2D eigenvalue weighted by Gasteiger charge is 2.50. The second-order valence-electron chi connectivity index (χ2n) is 4.22. The third-order valence-corrected chi connectivity index (χ3v) is 11.2. The lowest BCUT2D eigenvalue weighted by Crippen LogP contribution is -2.23. The molecule has 0 radical (unpaired) electrons. The van der Waals surface area contributed by atoms with Crippen molar-refractivity contribution >= 4 is 44.3 Å². The van der Waals surface area contributed by atoms with Crippen LogP contribution in [0, 0.1) is 0 Å². The lowest BCUT2D eigenvalue weighted by atomic mass is 10.2. The Bertz CT molecular complexity index is 402. The summed E-state index contributed by atoms with van der Waals surface area (Å²) in [7, 11) is -2.27. The van der Waals surface area contributed by atoms with Gasteiger partial charge in [-0.05, 0) is 13.3 Å². The van der Waals surface area contributed by atoms with Crippen molar-refractivity contribution in [2.45, 2.75) is 22.2 Å². The minimum atomic E-state index is -2.27. The Kier molecular flexibility index (Phi) is 3.18. The van der Waals surface area contributed by atoms with E-state index in [2.05, 4.69) is 38.8 Å². The second-order valence-corrected chi connectivity index (χ2v) is 10.7. The molecule has 0 N–H and O–H groups in total. The Hall–Kier alpha value is 0.410. The standard InChI is InChI=1S/C11H13Br2OP/c1-11(13)7-8-15(14,10(11)12)9-5-3-2-4-6-9/h2-6,10H,7-8H2,1H3/t10-,11-,15+/m0/s1. The minimum absolute atomic E-state index is 0.0416. The molecule has 0 aromatic heterocycles. The number of rotatable bonds is 1. The molecule has 1 aromatic rings.